The molecule has 0 aromatic heterocycles. The summed E-state index contributed by atoms with van der Waals surface area (Å²) in [5, 5.41) is 11.8. The molecule has 0 spiro atoms. The van der Waals surface area contributed by atoms with Crippen molar-refractivity contribution >= 4 is 39.1 Å². The van der Waals surface area contributed by atoms with Gasteiger partial charge in [0.1, 0.15) is 0 Å². The van der Waals surface area contributed by atoms with Gasteiger partial charge in [0.05, 0.1) is 5.60 Å². The zero-order chi connectivity index (χ0) is 14.0. The topological polar surface area (TPSA) is 20.2 Å². The first-order valence-corrected chi connectivity index (χ1v) is 7.36. The van der Waals surface area contributed by atoms with Gasteiger partial charge in [-0.05, 0) is 42.3 Å². The molecule has 0 saturated heterocycles. The zero-order valence-electron chi connectivity index (χ0n) is 10.3. The molecule has 19 heavy (non-hydrogen) atoms. The van der Waals surface area contributed by atoms with Crippen LogP contribution in [-0.4, -0.2) is 5.11 Å². The van der Waals surface area contributed by atoms with Crippen LogP contribution in [0.15, 0.2) is 46.9 Å². The van der Waals surface area contributed by atoms with Gasteiger partial charge in [-0.3, -0.25) is 0 Å². The van der Waals surface area contributed by atoms with Gasteiger partial charge in [0, 0.05) is 20.9 Å². The van der Waals surface area contributed by atoms with E-state index >= 15 is 0 Å². The van der Waals surface area contributed by atoms with Crippen molar-refractivity contribution in [3.8, 4) is 0 Å². The Kier molecular flexibility index (Phi) is 4.57. The first kappa shape index (κ1) is 14.9. The molecule has 2 rings (SSSR count). The summed E-state index contributed by atoms with van der Waals surface area (Å²) in [6, 6.07) is 12.9. The Hall–Kier alpha value is -0.540. The van der Waals surface area contributed by atoms with Gasteiger partial charge in [-0.15, -0.1) is 0 Å². The molecular formula is C15H13BrCl2O. The lowest BCUT2D eigenvalue weighted by Crippen LogP contribution is -2.24. The quantitative estimate of drug-likeness (QED) is 0.797. The van der Waals surface area contributed by atoms with Gasteiger partial charge in [-0.2, -0.15) is 0 Å². The molecule has 2 aromatic carbocycles. The van der Waals surface area contributed by atoms with Gasteiger partial charge in [0.25, 0.3) is 0 Å². The standard InChI is InChI=1S/C15H13BrCl2O/c1-15(19,11-3-2-4-12(16)7-11)9-10-5-6-13(17)8-14(10)18/h2-8,19H,9H2,1H3. The van der Waals surface area contributed by atoms with Crippen LogP contribution in [0.25, 0.3) is 0 Å². The van der Waals surface area contributed by atoms with Gasteiger partial charge in [0.15, 0.2) is 0 Å². The fourth-order valence-electron chi connectivity index (χ4n) is 1.96. The van der Waals surface area contributed by atoms with Crippen LogP contribution < -0.4 is 0 Å². The highest BCUT2D eigenvalue weighted by Crippen LogP contribution is 2.31. The molecule has 1 unspecified atom stereocenters. The Bertz CT molecular complexity index is 596. The summed E-state index contributed by atoms with van der Waals surface area (Å²) in [5.41, 5.74) is 0.727. The first-order chi connectivity index (χ1) is 8.88. The molecule has 0 fully saturated rings. The number of hydrogen-bond acceptors (Lipinski definition) is 1. The fraction of sp³-hybridized carbons (Fsp3) is 0.200. The fourth-order valence-corrected chi connectivity index (χ4v) is 2.84. The molecule has 4 heteroatoms. The van der Waals surface area contributed by atoms with Gasteiger partial charge < -0.3 is 5.11 Å². The third-order valence-corrected chi connectivity index (χ3v) is 4.08. The summed E-state index contributed by atoms with van der Waals surface area (Å²) in [5.74, 6) is 0. The van der Waals surface area contributed by atoms with Crippen LogP contribution in [0.4, 0.5) is 0 Å². The molecule has 0 radical (unpaired) electrons. The van der Waals surface area contributed by atoms with Crippen molar-refractivity contribution in [2.24, 2.45) is 0 Å². The lowest BCUT2D eigenvalue weighted by atomic mass is 9.89. The van der Waals surface area contributed by atoms with Crippen LogP contribution in [-0.2, 0) is 12.0 Å². The summed E-state index contributed by atoms with van der Waals surface area (Å²) in [6.45, 7) is 1.78. The van der Waals surface area contributed by atoms with E-state index in [9.17, 15) is 5.11 Å². The Labute approximate surface area is 131 Å². The van der Waals surface area contributed by atoms with E-state index in [-0.39, 0.29) is 0 Å². The summed E-state index contributed by atoms with van der Waals surface area (Å²) in [4.78, 5) is 0. The van der Waals surface area contributed by atoms with Crippen LogP contribution in [0.5, 0.6) is 0 Å². The van der Waals surface area contributed by atoms with Crippen molar-refractivity contribution in [3.05, 3.63) is 68.1 Å². The lowest BCUT2D eigenvalue weighted by Gasteiger charge is -2.25. The minimum absolute atomic E-state index is 0.430. The molecule has 2 aromatic rings. The number of aliphatic hydroxyl groups is 1. The van der Waals surface area contributed by atoms with Crippen LogP contribution in [0.2, 0.25) is 10.0 Å². The van der Waals surface area contributed by atoms with Crippen LogP contribution in [0.1, 0.15) is 18.1 Å². The molecule has 0 bridgehead atoms. The number of rotatable bonds is 3. The molecule has 0 heterocycles. The largest absolute Gasteiger partial charge is 0.385 e. The molecule has 0 aliphatic carbocycles. The highest BCUT2D eigenvalue weighted by molar-refractivity contribution is 9.10. The molecule has 0 aliphatic heterocycles. The minimum atomic E-state index is -0.985. The third kappa shape index (κ3) is 3.73. The number of hydrogen-bond donors (Lipinski definition) is 1. The Morgan fingerprint density at radius 1 is 1.16 bits per heavy atom. The monoisotopic (exact) mass is 358 g/mol. The summed E-state index contributed by atoms with van der Waals surface area (Å²) in [7, 11) is 0. The van der Waals surface area contributed by atoms with E-state index in [0.29, 0.717) is 16.5 Å². The van der Waals surface area contributed by atoms with Crippen molar-refractivity contribution in [1.29, 1.82) is 0 Å². The molecule has 0 saturated carbocycles. The van der Waals surface area contributed by atoms with E-state index in [1.165, 1.54) is 0 Å². The van der Waals surface area contributed by atoms with E-state index in [1.54, 1.807) is 19.1 Å². The van der Waals surface area contributed by atoms with Crippen molar-refractivity contribution in [2.45, 2.75) is 18.9 Å². The van der Waals surface area contributed by atoms with Crippen molar-refractivity contribution in [3.63, 3.8) is 0 Å². The average Bonchev–Trinajstić information content (AvgIpc) is 2.33. The predicted molar refractivity (Wildman–Crippen MR) is 83.9 cm³/mol. The average molecular weight is 360 g/mol. The van der Waals surface area contributed by atoms with Gasteiger partial charge >= 0.3 is 0 Å². The second kappa shape index (κ2) is 5.84. The van der Waals surface area contributed by atoms with Crippen molar-refractivity contribution < 1.29 is 5.11 Å². The Balaban J connectivity index is 2.30. The summed E-state index contributed by atoms with van der Waals surface area (Å²) < 4.78 is 0.937. The SMILES string of the molecule is CC(O)(Cc1ccc(Cl)cc1Cl)c1cccc(Br)c1. The maximum atomic E-state index is 10.6. The molecule has 0 aliphatic rings. The number of benzene rings is 2. The van der Waals surface area contributed by atoms with E-state index in [4.69, 9.17) is 23.2 Å². The second-order valence-corrected chi connectivity index (χ2v) is 6.46. The first-order valence-electron chi connectivity index (χ1n) is 5.81. The minimum Gasteiger partial charge on any atom is -0.385 e. The smallest absolute Gasteiger partial charge is 0.0909 e. The van der Waals surface area contributed by atoms with Crippen molar-refractivity contribution in [2.75, 3.05) is 0 Å². The molecule has 1 nitrogen and oxygen atoms in total. The molecule has 1 N–H and O–H groups in total. The van der Waals surface area contributed by atoms with Crippen LogP contribution in [0.3, 0.4) is 0 Å². The molecule has 1 atom stereocenters. The van der Waals surface area contributed by atoms with E-state index in [0.717, 1.165) is 15.6 Å². The highest BCUT2D eigenvalue weighted by Gasteiger charge is 2.24. The molecule has 100 valence electrons. The number of halogens is 3. The highest BCUT2D eigenvalue weighted by atomic mass is 79.9. The molecular weight excluding hydrogens is 347 g/mol. The van der Waals surface area contributed by atoms with Gasteiger partial charge in [-0.1, -0.05) is 57.3 Å². The van der Waals surface area contributed by atoms with E-state index in [2.05, 4.69) is 15.9 Å². The van der Waals surface area contributed by atoms with Crippen LogP contribution in [0, 0.1) is 0 Å². The van der Waals surface area contributed by atoms with Crippen molar-refractivity contribution in [1.82, 2.24) is 0 Å². The maximum absolute atomic E-state index is 10.6. The van der Waals surface area contributed by atoms with Crippen LogP contribution >= 0.6 is 39.1 Å². The lowest BCUT2D eigenvalue weighted by molar-refractivity contribution is 0.0576. The summed E-state index contributed by atoms with van der Waals surface area (Å²) in [6.07, 6.45) is 0.430. The third-order valence-electron chi connectivity index (χ3n) is 3.00. The van der Waals surface area contributed by atoms with E-state index < -0.39 is 5.60 Å². The zero-order valence-corrected chi connectivity index (χ0v) is 13.4. The predicted octanol–water partition coefficient (Wildman–Crippen LogP) is 5.21. The maximum Gasteiger partial charge on any atom is 0.0909 e. The Morgan fingerprint density at radius 3 is 2.53 bits per heavy atom. The van der Waals surface area contributed by atoms with E-state index in [1.807, 2.05) is 30.3 Å². The second-order valence-electron chi connectivity index (χ2n) is 4.70. The Morgan fingerprint density at radius 2 is 1.89 bits per heavy atom. The molecule has 0 amide bonds. The normalized spacial score (nSPS) is 14.2. The van der Waals surface area contributed by atoms with Gasteiger partial charge in [0.2, 0.25) is 0 Å². The summed E-state index contributed by atoms with van der Waals surface area (Å²) >= 11 is 15.4. The van der Waals surface area contributed by atoms with Gasteiger partial charge in [-0.25, -0.2) is 0 Å².